The number of carbonyl (C=O) groups is 2. The van der Waals surface area contributed by atoms with Crippen molar-refractivity contribution in [1.82, 2.24) is 0 Å². The molecule has 0 aromatic carbocycles. The van der Waals surface area contributed by atoms with Gasteiger partial charge in [-0.05, 0) is 64.2 Å². The van der Waals surface area contributed by atoms with Crippen molar-refractivity contribution >= 4 is 11.9 Å². The first-order chi connectivity index (χ1) is 11.4. The van der Waals surface area contributed by atoms with Crippen LogP contribution in [-0.4, -0.2) is 29.3 Å². The predicted molar refractivity (Wildman–Crippen MR) is 82.5 cm³/mol. The summed E-state index contributed by atoms with van der Waals surface area (Å²) in [6.45, 7) is 5.50. The molecule has 0 heterocycles. The lowest BCUT2D eigenvalue weighted by molar-refractivity contribution is -0.254. The lowest BCUT2D eigenvalue weighted by atomic mass is 9.52. The minimum Gasteiger partial charge on any atom is -0.458 e. The Balaban J connectivity index is 1.81. The zero-order valence-electron chi connectivity index (χ0n) is 14.9. The van der Waals surface area contributed by atoms with E-state index in [0.717, 1.165) is 6.42 Å². The molecule has 4 aliphatic rings. The molecule has 0 radical (unpaired) electrons. The van der Waals surface area contributed by atoms with Crippen LogP contribution in [0.15, 0.2) is 0 Å². The van der Waals surface area contributed by atoms with Crippen LogP contribution in [0, 0.1) is 17.3 Å². The van der Waals surface area contributed by atoms with E-state index in [1.54, 1.807) is 13.8 Å². The van der Waals surface area contributed by atoms with Gasteiger partial charge in [0.15, 0.2) is 0 Å². The van der Waals surface area contributed by atoms with Crippen molar-refractivity contribution in [2.75, 3.05) is 0 Å². The Bertz CT molecular complexity index is 567. The molecule has 2 atom stereocenters. The summed E-state index contributed by atoms with van der Waals surface area (Å²) in [5, 5.41) is 0. The number of hydrogen-bond acceptors (Lipinski definition) is 4. The van der Waals surface area contributed by atoms with E-state index in [1.807, 2.05) is 6.92 Å². The van der Waals surface area contributed by atoms with Crippen molar-refractivity contribution in [2.45, 2.75) is 83.1 Å². The molecule has 4 fully saturated rings. The number of alkyl halides is 3. The van der Waals surface area contributed by atoms with E-state index in [9.17, 15) is 22.8 Å². The largest absolute Gasteiger partial charge is 0.490 e. The van der Waals surface area contributed by atoms with Crippen LogP contribution in [-0.2, 0) is 19.1 Å². The SMILES string of the molecule is CCC(C)(C)C(=O)OC12CC3CC(CC(OC(=O)C(F)(F)F)(C3)C1)C2. The van der Waals surface area contributed by atoms with Gasteiger partial charge < -0.3 is 9.47 Å². The van der Waals surface area contributed by atoms with Crippen LogP contribution >= 0.6 is 0 Å². The summed E-state index contributed by atoms with van der Waals surface area (Å²) in [4.78, 5) is 24.0. The van der Waals surface area contributed by atoms with E-state index < -0.39 is 28.8 Å². The molecule has 7 heteroatoms. The minimum atomic E-state index is -5.00. The van der Waals surface area contributed by atoms with Crippen molar-refractivity contribution in [3.05, 3.63) is 0 Å². The van der Waals surface area contributed by atoms with Gasteiger partial charge in [-0.1, -0.05) is 6.92 Å². The topological polar surface area (TPSA) is 52.6 Å². The summed E-state index contributed by atoms with van der Waals surface area (Å²) in [5.74, 6) is -2.18. The zero-order chi connectivity index (χ0) is 18.7. The van der Waals surface area contributed by atoms with E-state index in [-0.39, 0.29) is 24.2 Å². The number of ether oxygens (including phenoxy) is 2. The highest BCUT2D eigenvalue weighted by Crippen LogP contribution is 2.60. The number of carbonyl (C=O) groups excluding carboxylic acids is 2. The van der Waals surface area contributed by atoms with Crippen LogP contribution in [0.1, 0.15) is 65.7 Å². The Morgan fingerprint density at radius 2 is 1.40 bits per heavy atom. The van der Waals surface area contributed by atoms with E-state index in [0.29, 0.717) is 32.1 Å². The van der Waals surface area contributed by atoms with Crippen molar-refractivity contribution in [3.63, 3.8) is 0 Å². The van der Waals surface area contributed by atoms with Crippen LogP contribution in [0.25, 0.3) is 0 Å². The second-order valence-corrected chi connectivity index (χ2v) is 8.84. The standard InChI is InChI=1S/C18H25F3O4/c1-4-15(2,3)13(22)24-16-6-11-5-12(7-16)9-17(8-11,10-16)25-14(23)18(19,20)21/h11-12H,4-10H2,1-3H3. The van der Waals surface area contributed by atoms with Crippen LogP contribution in [0.4, 0.5) is 13.2 Å². The van der Waals surface area contributed by atoms with Gasteiger partial charge in [-0.3, -0.25) is 4.79 Å². The lowest BCUT2D eigenvalue weighted by Crippen LogP contribution is -2.62. The highest BCUT2D eigenvalue weighted by Gasteiger charge is 2.63. The molecule has 0 amide bonds. The Morgan fingerprint density at radius 1 is 0.960 bits per heavy atom. The van der Waals surface area contributed by atoms with Crippen LogP contribution in [0.5, 0.6) is 0 Å². The molecule has 142 valence electrons. The van der Waals surface area contributed by atoms with Gasteiger partial charge in [0.05, 0.1) is 5.41 Å². The number of halogens is 3. The molecule has 4 bridgehead atoms. The maximum absolute atomic E-state index is 12.7. The molecule has 0 aromatic heterocycles. The Hall–Kier alpha value is -1.27. The van der Waals surface area contributed by atoms with Gasteiger partial charge in [-0.2, -0.15) is 13.2 Å². The summed E-state index contributed by atoms with van der Waals surface area (Å²) < 4.78 is 48.9. The third-order valence-electron chi connectivity index (χ3n) is 6.24. The number of hydrogen-bond donors (Lipinski definition) is 0. The molecule has 2 unspecified atom stereocenters. The normalized spacial score (nSPS) is 37.0. The molecule has 4 nitrogen and oxygen atoms in total. The smallest absolute Gasteiger partial charge is 0.458 e. The Morgan fingerprint density at radius 3 is 1.80 bits per heavy atom. The second kappa shape index (κ2) is 5.61. The van der Waals surface area contributed by atoms with Crippen molar-refractivity contribution in [2.24, 2.45) is 17.3 Å². The van der Waals surface area contributed by atoms with Gasteiger partial charge in [0.25, 0.3) is 0 Å². The van der Waals surface area contributed by atoms with Crippen LogP contribution < -0.4 is 0 Å². The molecular weight excluding hydrogens is 337 g/mol. The molecule has 4 rings (SSSR count). The lowest BCUT2D eigenvalue weighted by Gasteiger charge is -2.60. The fourth-order valence-electron chi connectivity index (χ4n) is 5.07. The van der Waals surface area contributed by atoms with Crippen LogP contribution in [0.2, 0.25) is 0 Å². The van der Waals surface area contributed by atoms with E-state index in [1.165, 1.54) is 0 Å². The van der Waals surface area contributed by atoms with Gasteiger partial charge in [0, 0.05) is 6.42 Å². The van der Waals surface area contributed by atoms with Crippen molar-refractivity contribution < 1.29 is 32.2 Å². The highest BCUT2D eigenvalue weighted by molar-refractivity contribution is 5.77. The maximum Gasteiger partial charge on any atom is 0.490 e. The van der Waals surface area contributed by atoms with E-state index >= 15 is 0 Å². The first-order valence-electron chi connectivity index (χ1n) is 8.92. The zero-order valence-corrected chi connectivity index (χ0v) is 14.9. The van der Waals surface area contributed by atoms with Crippen molar-refractivity contribution in [3.8, 4) is 0 Å². The molecule has 0 aliphatic heterocycles. The first kappa shape index (κ1) is 18.5. The molecule has 0 saturated heterocycles. The van der Waals surface area contributed by atoms with Gasteiger partial charge in [0.2, 0.25) is 0 Å². The number of esters is 2. The first-order valence-corrected chi connectivity index (χ1v) is 8.92. The molecule has 4 aliphatic carbocycles. The molecule has 4 saturated carbocycles. The van der Waals surface area contributed by atoms with Gasteiger partial charge in [-0.15, -0.1) is 0 Å². The molecule has 25 heavy (non-hydrogen) atoms. The third-order valence-corrected chi connectivity index (χ3v) is 6.24. The predicted octanol–water partition coefficient (Wildman–Crippen LogP) is 4.16. The second-order valence-electron chi connectivity index (χ2n) is 8.84. The third kappa shape index (κ3) is 3.38. The Labute approximate surface area is 145 Å². The maximum atomic E-state index is 12.7. The Kier molecular flexibility index (Phi) is 4.16. The van der Waals surface area contributed by atoms with E-state index in [2.05, 4.69) is 0 Å². The fourth-order valence-corrected chi connectivity index (χ4v) is 5.07. The molecule has 0 spiro atoms. The molecule has 0 aromatic rings. The fraction of sp³-hybridized carbons (Fsp3) is 0.889. The molecule has 0 N–H and O–H groups in total. The average Bonchev–Trinajstić information content (AvgIpc) is 2.43. The van der Waals surface area contributed by atoms with Gasteiger partial charge >= 0.3 is 18.1 Å². The summed E-state index contributed by atoms with van der Waals surface area (Å²) in [6, 6.07) is 0. The summed E-state index contributed by atoms with van der Waals surface area (Å²) in [5.41, 5.74) is -2.58. The average molecular weight is 362 g/mol. The monoisotopic (exact) mass is 362 g/mol. The van der Waals surface area contributed by atoms with E-state index in [4.69, 9.17) is 9.47 Å². The quantitative estimate of drug-likeness (QED) is 0.705. The molecular formula is C18H25F3O4. The summed E-state index contributed by atoms with van der Waals surface area (Å²) in [6.07, 6.45) is -1.13. The highest BCUT2D eigenvalue weighted by atomic mass is 19.4. The minimum absolute atomic E-state index is 0.139. The van der Waals surface area contributed by atoms with Gasteiger partial charge in [-0.25, -0.2) is 4.79 Å². The number of rotatable bonds is 4. The van der Waals surface area contributed by atoms with Gasteiger partial charge in [0.1, 0.15) is 11.2 Å². The van der Waals surface area contributed by atoms with Crippen LogP contribution in [0.3, 0.4) is 0 Å². The summed E-state index contributed by atoms with van der Waals surface area (Å²) in [7, 11) is 0. The summed E-state index contributed by atoms with van der Waals surface area (Å²) >= 11 is 0. The van der Waals surface area contributed by atoms with Crippen molar-refractivity contribution in [1.29, 1.82) is 0 Å².